The first-order valence-electron chi connectivity index (χ1n) is 4.85. The summed E-state index contributed by atoms with van der Waals surface area (Å²) in [5.74, 6) is 1.04. The molecule has 1 aromatic carbocycles. The Balaban J connectivity index is 2.26. The van der Waals surface area contributed by atoms with Crippen molar-refractivity contribution in [3.05, 3.63) is 52.6 Å². The molecule has 86 valence electrons. The Morgan fingerprint density at radius 3 is 2.59 bits per heavy atom. The average Bonchev–Trinajstić information content (AvgIpc) is 2.33. The fourth-order valence-electron chi connectivity index (χ4n) is 1.33. The van der Waals surface area contributed by atoms with E-state index < -0.39 is 4.92 Å². The molecule has 0 saturated carbocycles. The Hall–Kier alpha value is -2.50. The van der Waals surface area contributed by atoms with E-state index in [-0.39, 0.29) is 5.69 Å². The SMILES string of the molecule is Cc1cc([N+](=O)[O-])ccc1Oc1cncnc1. The minimum atomic E-state index is -0.442. The van der Waals surface area contributed by atoms with Gasteiger partial charge in [0.1, 0.15) is 12.1 Å². The topological polar surface area (TPSA) is 78.2 Å². The number of benzene rings is 1. The Kier molecular flexibility index (Phi) is 2.95. The lowest BCUT2D eigenvalue weighted by atomic mass is 10.2. The van der Waals surface area contributed by atoms with Gasteiger partial charge in [-0.25, -0.2) is 9.97 Å². The number of aryl methyl sites for hydroxylation is 1. The minimum Gasteiger partial charge on any atom is -0.454 e. The van der Waals surface area contributed by atoms with Gasteiger partial charge < -0.3 is 4.74 Å². The van der Waals surface area contributed by atoms with Crippen molar-refractivity contribution >= 4 is 5.69 Å². The average molecular weight is 231 g/mol. The molecular formula is C11H9N3O3. The molecule has 0 saturated heterocycles. The van der Waals surface area contributed by atoms with E-state index in [1.54, 1.807) is 13.0 Å². The molecule has 0 aliphatic carbocycles. The van der Waals surface area contributed by atoms with Gasteiger partial charge in [0, 0.05) is 12.1 Å². The molecule has 0 aliphatic rings. The van der Waals surface area contributed by atoms with Crippen LogP contribution < -0.4 is 4.74 Å². The summed E-state index contributed by atoms with van der Waals surface area (Å²) in [6, 6.07) is 4.41. The largest absolute Gasteiger partial charge is 0.454 e. The van der Waals surface area contributed by atoms with Crippen LogP contribution in [0, 0.1) is 17.0 Å². The lowest BCUT2D eigenvalue weighted by molar-refractivity contribution is -0.384. The second-order valence-electron chi connectivity index (χ2n) is 3.38. The Bertz CT molecular complexity index is 543. The zero-order valence-electron chi connectivity index (χ0n) is 9.03. The van der Waals surface area contributed by atoms with E-state index in [4.69, 9.17) is 4.74 Å². The summed E-state index contributed by atoms with van der Waals surface area (Å²) in [6.07, 6.45) is 4.44. The molecule has 0 atom stereocenters. The summed E-state index contributed by atoms with van der Waals surface area (Å²) >= 11 is 0. The number of nitrogens with zero attached hydrogens (tertiary/aromatic N) is 3. The Morgan fingerprint density at radius 1 is 1.29 bits per heavy atom. The summed E-state index contributed by atoms with van der Waals surface area (Å²) in [7, 11) is 0. The third-order valence-electron chi connectivity index (χ3n) is 2.13. The van der Waals surface area contributed by atoms with Gasteiger partial charge in [-0.3, -0.25) is 10.1 Å². The van der Waals surface area contributed by atoms with Gasteiger partial charge in [0.25, 0.3) is 5.69 Å². The standard InChI is InChI=1S/C11H9N3O3/c1-8-4-9(14(15)16)2-3-11(8)17-10-5-12-7-13-6-10/h2-7H,1H3. The first-order valence-corrected chi connectivity index (χ1v) is 4.85. The lowest BCUT2D eigenvalue weighted by Crippen LogP contribution is -1.92. The molecule has 2 rings (SSSR count). The minimum absolute atomic E-state index is 0.0409. The maximum Gasteiger partial charge on any atom is 0.269 e. The molecule has 17 heavy (non-hydrogen) atoms. The summed E-state index contributed by atoms with van der Waals surface area (Å²) < 4.78 is 5.50. The van der Waals surface area contributed by atoms with Gasteiger partial charge in [0.05, 0.1) is 17.3 Å². The molecule has 6 heteroatoms. The van der Waals surface area contributed by atoms with E-state index in [0.29, 0.717) is 17.1 Å². The number of non-ortho nitro benzene ring substituents is 1. The van der Waals surface area contributed by atoms with Crippen molar-refractivity contribution in [2.75, 3.05) is 0 Å². The predicted molar refractivity (Wildman–Crippen MR) is 59.9 cm³/mol. The van der Waals surface area contributed by atoms with Crippen LogP contribution >= 0.6 is 0 Å². The van der Waals surface area contributed by atoms with Gasteiger partial charge in [-0.05, 0) is 18.6 Å². The van der Waals surface area contributed by atoms with E-state index >= 15 is 0 Å². The molecule has 0 fully saturated rings. The molecule has 6 nitrogen and oxygen atoms in total. The first-order chi connectivity index (χ1) is 8.16. The van der Waals surface area contributed by atoms with Crippen molar-refractivity contribution in [1.82, 2.24) is 9.97 Å². The van der Waals surface area contributed by atoms with Crippen molar-refractivity contribution < 1.29 is 9.66 Å². The summed E-state index contributed by atoms with van der Waals surface area (Å²) in [5, 5.41) is 10.6. The van der Waals surface area contributed by atoms with E-state index in [1.807, 2.05) is 0 Å². The fourth-order valence-corrected chi connectivity index (χ4v) is 1.33. The molecule has 0 amide bonds. The van der Waals surface area contributed by atoms with Gasteiger partial charge in [0.15, 0.2) is 5.75 Å². The highest BCUT2D eigenvalue weighted by Gasteiger charge is 2.09. The summed E-state index contributed by atoms with van der Waals surface area (Å²) in [6.45, 7) is 1.74. The zero-order valence-corrected chi connectivity index (χ0v) is 9.03. The highest BCUT2D eigenvalue weighted by atomic mass is 16.6. The monoisotopic (exact) mass is 231 g/mol. The number of nitro groups is 1. The predicted octanol–water partition coefficient (Wildman–Crippen LogP) is 2.49. The number of hydrogen-bond acceptors (Lipinski definition) is 5. The highest BCUT2D eigenvalue weighted by molar-refractivity contribution is 5.44. The molecule has 1 heterocycles. The molecule has 0 spiro atoms. The molecule has 0 N–H and O–H groups in total. The van der Waals surface area contributed by atoms with Crippen LogP contribution in [0.15, 0.2) is 36.9 Å². The Labute approximate surface area is 97.1 Å². The van der Waals surface area contributed by atoms with Gasteiger partial charge in [0.2, 0.25) is 0 Å². The van der Waals surface area contributed by atoms with Crippen molar-refractivity contribution in [2.24, 2.45) is 0 Å². The van der Waals surface area contributed by atoms with Crippen LogP contribution in [0.25, 0.3) is 0 Å². The molecule has 0 aliphatic heterocycles. The van der Waals surface area contributed by atoms with Crippen LogP contribution in [0.3, 0.4) is 0 Å². The normalized spacial score (nSPS) is 9.94. The highest BCUT2D eigenvalue weighted by Crippen LogP contribution is 2.27. The quantitative estimate of drug-likeness (QED) is 0.599. The van der Waals surface area contributed by atoms with Crippen molar-refractivity contribution in [3.63, 3.8) is 0 Å². The maximum atomic E-state index is 10.6. The van der Waals surface area contributed by atoms with E-state index in [9.17, 15) is 10.1 Å². The van der Waals surface area contributed by atoms with Crippen LogP contribution in [-0.4, -0.2) is 14.9 Å². The van der Waals surface area contributed by atoms with E-state index in [1.165, 1.54) is 30.9 Å². The van der Waals surface area contributed by atoms with Gasteiger partial charge >= 0.3 is 0 Å². The Morgan fingerprint density at radius 2 is 2.00 bits per heavy atom. The molecular weight excluding hydrogens is 222 g/mol. The van der Waals surface area contributed by atoms with Gasteiger partial charge in [-0.2, -0.15) is 0 Å². The second-order valence-corrected chi connectivity index (χ2v) is 3.38. The fraction of sp³-hybridized carbons (Fsp3) is 0.0909. The summed E-state index contributed by atoms with van der Waals surface area (Å²) in [4.78, 5) is 17.7. The van der Waals surface area contributed by atoms with Crippen molar-refractivity contribution in [2.45, 2.75) is 6.92 Å². The third kappa shape index (κ3) is 2.54. The van der Waals surface area contributed by atoms with E-state index in [2.05, 4.69) is 9.97 Å². The number of aromatic nitrogens is 2. The smallest absolute Gasteiger partial charge is 0.269 e. The number of ether oxygens (including phenoxy) is 1. The van der Waals surface area contributed by atoms with Crippen LogP contribution in [-0.2, 0) is 0 Å². The first kappa shape index (κ1) is 11.0. The van der Waals surface area contributed by atoms with Crippen LogP contribution in [0.5, 0.6) is 11.5 Å². The van der Waals surface area contributed by atoms with Gasteiger partial charge in [-0.15, -0.1) is 0 Å². The van der Waals surface area contributed by atoms with Gasteiger partial charge in [-0.1, -0.05) is 0 Å². The van der Waals surface area contributed by atoms with Crippen LogP contribution in [0.4, 0.5) is 5.69 Å². The van der Waals surface area contributed by atoms with Crippen molar-refractivity contribution in [3.8, 4) is 11.5 Å². The lowest BCUT2D eigenvalue weighted by Gasteiger charge is -2.07. The molecule has 2 aromatic rings. The van der Waals surface area contributed by atoms with E-state index in [0.717, 1.165) is 0 Å². The zero-order chi connectivity index (χ0) is 12.3. The van der Waals surface area contributed by atoms with Crippen LogP contribution in [0.2, 0.25) is 0 Å². The maximum absolute atomic E-state index is 10.6. The number of hydrogen-bond donors (Lipinski definition) is 0. The number of nitro benzene ring substituents is 1. The van der Waals surface area contributed by atoms with Crippen molar-refractivity contribution in [1.29, 1.82) is 0 Å². The molecule has 1 aromatic heterocycles. The molecule has 0 radical (unpaired) electrons. The molecule has 0 unspecified atom stereocenters. The third-order valence-corrected chi connectivity index (χ3v) is 2.13. The van der Waals surface area contributed by atoms with Crippen LogP contribution in [0.1, 0.15) is 5.56 Å². The summed E-state index contributed by atoms with van der Waals surface area (Å²) in [5.41, 5.74) is 0.724. The number of rotatable bonds is 3. The second kappa shape index (κ2) is 4.56. The molecule has 0 bridgehead atoms.